The summed E-state index contributed by atoms with van der Waals surface area (Å²) in [6, 6.07) is 12.2. The molecule has 2 aromatic carbocycles. The van der Waals surface area contributed by atoms with Gasteiger partial charge in [0, 0.05) is 24.3 Å². The maximum absolute atomic E-state index is 13.0. The van der Waals surface area contributed by atoms with Crippen molar-refractivity contribution in [3.63, 3.8) is 0 Å². The van der Waals surface area contributed by atoms with Crippen LogP contribution in [-0.2, 0) is 16.4 Å². The Morgan fingerprint density at radius 2 is 1.81 bits per heavy atom. The van der Waals surface area contributed by atoms with E-state index in [4.69, 9.17) is 4.52 Å². The van der Waals surface area contributed by atoms with Crippen LogP contribution in [0.4, 0.5) is 5.69 Å². The summed E-state index contributed by atoms with van der Waals surface area (Å²) in [6.45, 7) is 5.11. The van der Waals surface area contributed by atoms with Gasteiger partial charge in [-0.1, -0.05) is 36.3 Å². The average Bonchev–Trinajstić information content (AvgIpc) is 3.30. The number of amides is 1. The topological polar surface area (TPSA) is 105 Å². The van der Waals surface area contributed by atoms with Crippen LogP contribution in [0.5, 0.6) is 0 Å². The molecule has 32 heavy (non-hydrogen) atoms. The van der Waals surface area contributed by atoms with Gasteiger partial charge >= 0.3 is 11.8 Å². The molecule has 1 amide bonds. The number of rotatable bonds is 6. The highest BCUT2D eigenvalue weighted by molar-refractivity contribution is 7.92. The number of sulfonamides is 1. The molecule has 9 heteroatoms. The zero-order valence-electron chi connectivity index (χ0n) is 18.2. The predicted octanol–water partition coefficient (Wildman–Crippen LogP) is 4.03. The zero-order chi connectivity index (χ0) is 22.7. The molecule has 0 atom stereocenters. The molecule has 0 radical (unpaired) electrons. The Labute approximate surface area is 187 Å². The minimum Gasteiger partial charge on any atom is -0.334 e. The van der Waals surface area contributed by atoms with Crippen LogP contribution in [0.2, 0.25) is 0 Å². The van der Waals surface area contributed by atoms with Crippen LogP contribution in [0.1, 0.15) is 48.0 Å². The summed E-state index contributed by atoms with van der Waals surface area (Å²) in [5.41, 5.74) is 2.65. The van der Waals surface area contributed by atoms with E-state index in [1.807, 2.05) is 19.1 Å². The fraction of sp³-hybridized carbons (Fsp3) is 0.348. The lowest BCUT2D eigenvalue weighted by Crippen LogP contribution is -2.35. The Bertz CT molecular complexity index is 1210. The first kappa shape index (κ1) is 22.0. The summed E-state index contributed by atoms with van der Waals surface area (Å²) in [4.78, 5) is 18.6. The van der Waals surface area contributed by atoms with Crippen LogP contribution in [-0.4, -0.2) is 42.5 Å². The average molecular weight is 455 g/mol. The smallest absolute Gasteiger partial charge is 0.316 e. The second-order valence-electron chi connectivity index (χ2n) is 7.91. The van der Waals surface area contributed by atoms with Crippen molar-refractivity contribution in [3.8, 4) is 11.4 Å². The van der Waals surface area contributed by atoms with Gasteiger partial charge in [0.1, 0.15) is 0 Å². The SMILES string of the molecule is CCc1ccc(NS(=O)(=O)c2cc(-c3noc(C(=O)N4CCCCC4)n3)ccc2C)cc1. The molecule has 1 aliphatic heterocycles. The van der Waals surface area contributed by atoms with Crippen molar-refractivity contribution in [2.75, 3.05) is 17.8 Å². The number of aryl methyl sites for hydroxylation is 2. The number of carbonyl (C=O) groups excluding carboxylic acids is 1. The van der Waals surface area contributed by atoms with Crippen molar-refractivity contribution >= 4 is 21.6 Å². The first-order chi connectivity index (χ1) is 15.4. The number of hydrogen-bond acceptors (Lipinski definition) is 6. The lowest BCUT2D eigenvalue weighted by Gasteiger charge is -2.24. The van der Waals surface area contributed by atoms with E-state index in [0.717, 1.165) is 31.2 Å². The molecule has 0 aliphatic carbocycles. The molecule has 4 rings (SSSR count). The summed E-state index contributed by atoms with van der Waals surface area (Å²) in [5.74, 6) is -0.198. The molecule has 1 N–H and O–H groups in total. The van der Waals surface area contributed by atoms with Gasteiger partial charge in [-0.25, -0.2) is 8.42 Å². The summed E-state index contributed by atoms with van der Waals surface area (Å²) >= 11 is 0. The summed E-state index contributed by atoms with van der Waals surface area (Å²) in [6.07, 6.45) is 3.90. The highest BCUT2D eigenvalue weighted by Gasteiger charge is 2.25. The van der Waals surface area contributed by atoms with Gasteiger partial charge in [-0.3, -0.25) is 9.52 Å². The molecule has 0 saturated carbocycles. The van der Waals surface area contributed by atoms with E-state index < -0.39 is 10.0 Å². The van der Waals surface area contributed by atoms with E-state index in [2.05, 4.69) is 14.9 Å². The number of carbonyl (C=O) groups is 1. The molecule has 1 aromatic heterocycles. The Balaban J connectivity index is 1.58. The number of anilines is 1. The summed E-state index contributed by atoms with van der Waals surface area (Å²) in [7, 11) is -3.83. The van der Waals surface area contributed by atoms with Crippen LogP contribution in [0.3, 0.4) is 0 Å². The summed E-state index contributed by atoms with van der Waals surface area (Å²) < 4.78 is 33.9. The lowest BCUT2D eigenvalue weighted by atomic mass is 10.1. The third kappa shape index (κ3) is 4.67. The van der Waals surface area contributed by atoms with Gasteiger partial charge in [0.2, 0.25) is 5.82 Å². The number of nitrogens with one attached hydrogen (secondary N) is 1. The molecule has 3 aromatic rings. The minimum atomic E-state index is -3.83. The van der Waals surface area contributed by atoms with E-state index in [0.29, 0.717) is 29.9 Å². The molecule has 0 unspecified atom stereocenters. The largest absolute Gasteiger partial charge is 0.334 e. The number of nitrogens with zero attached hydrogens (tertiary/aromatic N) is 3. The quantitative estimate of drug-likeness (QED) is 0.603. The molecule has 2 heterocycles. The van der Waals surface area contributed by atoms with Gasteiger partial charge in [0.25, 0.3) is 10.0 Å². The number of likely N-dealkylation sites (tertiary alicyclic amines) is 1. The maximum Gasteiger partial charge on any atom is 0.316 e. The van der Waals surface area contributed by atoms with E-state index in [-0.39, 0.29) is 22.5 Å². The second-order valence-corrected chi connectivity index (χ2v) is 9.56. The molecule has 0 bridgehead atoms. The third-order valence-electron chi connectivity index (χ3n) is 5.60. The number of hydrogen-bond donors (Lipinski definition) is 1. The first-order valence-electron chi connectivity index (χ1n) is 10.7. The van der Waals surface area contributed by atoms with Crippen LogP contribution in [0.15, 0.2) is 51.9 Å². The number of benzene rings is 2. The fourth-order valence-electron chi connectivity index (χ4n) is 3.71. The molecular weight excluding hydrogens is 428 g/mol. The van der Waals surface area contributed by atoms with Gasteiger partial charge in [0.05, 0.1) is 4.90 Å². The third-order valence-corrected chi connectivity index (χ3v) is 7.13. The Morgan fingerprint density at radius 1 is 1.09 bits per heavy atom. The van der Waals surface area contributed by atoms with Crippen molar-refractivity contribution in [2.24, 2.45) is 0 Å². The van der Waals surface area contributed by atoms with Crippen molar-refractivity contribution in [1.29, 1.82) is 0 Å². The second kappa shape index (κ2) is 9.12. The van der Waals surface area contributed by atoms with Crippen molar-refractivity contribution in [3.05, 3.63) is 59.5 Å². The predicted molar refractivity (Wildman–Crippen MR) is 121 cm³/mol. The highest BCUT2D eigenvalue weighted by atomic mass is 32.2. The van der Waals surface area contributed by atoms with Gasteiger partial charge in [0.15, 0.2) is 0 Å². The van der Waals surface area contributed by atoms with Crippen molar-refractivity contribution in [2.45, 2.75) is 44.4 Å². The molecule has 0 spiro atoms. The van der Waals surface area contributed by atoms with E-state index in [9.17, 15) is 13.2 Å². The van der Waals surface area contributed by atoms with Gasteiger partial charge < -0.3 is 9.42 Å². The highest BCUT2D eigenvalue weighted by Crippen LogP contribution is 2.26. The molecule has 1 aliphatic rings. The zero-order valence-corrected chi connectivity index (χ0v) is 19.0. The van der Waals surface area contributed by atoms with Crippen LogP contribution < -0.4 is 4.72 Å². The summed E-state index contributed by atoms with van der Waals surface area (Å²) in [5, 5.41) is 3.91. The molecule has 1 fully saturated rings. The molecular formula is C23H26N4O4S. The molecule has 168 valence electrons. The van der Waals surface area contributed by atoms with Crippen LogP contribution in [0, 0.1) is 6.92 Å². The van der Waals surface area contributed by atoms with E-state index in [1.54, 1.807) is 36.1 Å². The number of aromatic nitrogens is 2. The molecule has 8 nitrogen and oxygen atoms in total. The van der Waals surface area contributed by atoms with E-state index in [1.165, 1.54) is 6.07 Å². The van der Waals surface area contributed by atoms with Crippen LogP contribution >= 0.6 is 0 Å². The molecule has 1 saturated heterocycles. The normalized spacial score (nSPS) is 14.4. The Morgan fingerprint density at radius 3 is 2.50 bits per heavy atom. The number of piperidine rings is 1. The Hall–Kier alpha value is -3.20. The monoisotopic (exact) mass is 454 g/mol. The van der Waals surface area contributed by atoms with Gasteiger partial charge in [-0.2, -0.15) is 4.98 Å². The Kier molecular flexibility index (Phi) is 6.27. The maximum atomic E-state index is 13.0. The van der Waals surface area contributed by atoms with Crippen molar-refractivity contribution in [1.82, 2.24) is 15.0 Å². The van der Waals surface area contributed by atoms with Crippen LogP contribution in [0.25, 0.3) is 11.4 Å². The minimum absolute atomic E-state index is 0.0824. The standard InChI is InChI=1S/C23H26N4O4S/c1-3-17-8-11-19(12-9-17)26-32(29,30)20-15-18(10-7-16(20)2)21-24-22(31-25-21)23(28)27-13-5-4-6-14-27/h7-12,15,26H,3-6,13-14H2,1-2H3. The van der Waals surface area contributed by atoms with Gasteiger partial charge in [-0.15, -0.1) is 0 Å². The first-order valence-corrected chi connectivity index (χ1v) is 12.2. The fourth-order valence-corrected chi connectivity index (χ4v) is 5.04. The lowest BCUT2D eigenvalue weighted by molar-refractivity contribution is 0.0674. The van der Waals surface area contributed by atoms with Gasteiger partial charge in [-0.05, 0) is 61.9 Å². The van der Waals surface area contributed by atoms with E-state index >= 15 is 0 Å². The van der Waals surface area contributed by atoms with Crippen molar-refractivity contribution < 1.29 is 17.7 Å².